The predicted octanol–water partition coefficient (Wildman–Crippen LogP) is 6.56. The minimum absolute atomic E-state index is 0.179. The Balaban J connectivity index is 1.45. The number of amides is 3. The SMILES string of the molecule is C=CCN(C(=O)C1N([C@@H](CO)Cc2ccccc2)C(=O)[C@@H]2[C@@H](C(=O)N(CC=C)c3ccc(OCC)cc3)[C@@]3(C)CCC12S3)c1ccc(Cl)cc1. The third kappa shape index (κ3) is 6.24. The highest BCUT2D eigenvalue weighted by atomic mass is 35.5. The predicted molar refractivity (Wildman–Crippen MR) is 201 cm³/mol. The lowest BCUT2D eigenvalue weighted by Crippen LogP contribution is -2.58. The van der Waals surface area contributed by atoms with Crippen molar-refractivity contribution in [1.82, 2.24) is 4.90 Å². The number of rotatable bonds is 14. The van der Waals surface area contributed by atoms with E-state index in [4.69, 9.17) is 16.3 Å². The summed E-state index contributed by atoms with van der Waals surface area (Å²) in [5.41, 5.74) is 2.24. The molecule has 3 aliphatic rings. The summed E-state index contributed by atoms with van der Waals surface area (Å²) in [6.07, 6.45) is 4.94. The van der Waals surface area contributed by atoms with E-state index in [0.29, 0.717) is 48.0 Å². The molecule has 3 aromatic carbocycles. The number of hydrogen-bond acceptors (Lipinski definition) is 6. The molecule has 8 nitrogen and oxygen atoms in total. The summed E-state index contributed by atoms with van der Waals surface area (Å²) in [6.45, 7) is 12.5. The van der Waals surface area contributed by atoms with Crippen LogP contribution in [0, 0.1) is 11.8 Å². The van der Waals surface area contributed by atoms with Crippen LogP contribution >= 0.6 is 23.4 Å². The zero-order chi connectivity index (χ0) is 35.6. The molecule has 2 unspecified atom stereocenters. The highest BCUT2D eigenvalue weighted by molar-refractivity contribution is 8.02. The molecule has 2 bridgehead atoms. The van der Waals surface area contributed by atoms with Crippen molar-refractivity contribution in [2.24, 2.45) is 11.8 Å². The number of carbonyl (C=O) groups is 3. The maximum absolute atomic E-state index is 15.1. The number of aliphatic hydroxyl groups is 1. The van der Waals surface area contributed by atoms with Crippen LogP contribution in [0.4, 0.5) is 11.4 Å². The van der Waals surface area contributed by atoms with Gasteiger partial charge in [0.25, 0.3) is 5.91 Å². The number of carbonyl (C=O) groups excluding carboxylic acids is 3. The molecule has 3 heterocycles. The quantitative estimate of drug-likeness (QED) is 0.191. The summed E-state index contributed by atoms with van der Waals surface area (Å²) < 4.78 is 4.15. The Morgan fingerprint density at radius 2 is 1.58 bits per heavy atom. The third-order valence-corrected chi connectivity index (χ3v) is 12.6. The molecule has 1 spiro atoms. The fourth-order valence-electron chi connectivity index (χ4n) is 8.28. The van der Waals surface area contributed by atoms with Gasteiger partial charge in [-0.05, 0) is 87.2 Å². The van der Waals surface area contributed by atoms with Crippen molar-refractivity contribution < 1.29 is 24.2 Å². The van der Waals surface area contributed by atoms with Gasteiger partial charge >= 0.3 is 0 Å². The van der Waals surface area contributed by atoms with E-state index in [-0.39, 0.29) is 37.4 Å². The Morgan fingerprint density at radius 3 is 2.16 bits per heavy atom. The van der Waals surface area contributed by atoms with E-state index in [1.165, 1.54) is 0 Å². The van der Waals surface area contributed by atoms with Gasteiger partial charge in [-0.25, -0.2) is 0 Å². The zero-order valence-corrected chi connectivity index (χ0v) is 30.1. The molecule has 262 valence electrons. The molecule has 0 radical (unpaired) electrons. The van der Waals surface area contributed by atoms with Crippen LogP contribution in [-0.2, 0) is 20.8 Å². The second-order valence-corrected chi connectivity index (χ2v) is 15.7. The Kier molecular flexibility index (Phi) is 10.5. The number of nitrogens with zero attached hydrogens (tertiary/aromatic N) is 3. The molecule has 6 atom stereocenters. The number of likely N-dealkylation sites (tertiary alicyclic amines) is 1. The Hall–Kier alpha value is -4.05. The standard InChI is InChI=1S/C40H44ClN3O5S/c1-5-23-42(30-17-19-32(20-18-30)49-7-3)36(46)33-34-37(47)44(31(26-45)25-27-11-9-8-10-12-27)35(40(34)22-21-39(33,4)50-40)38(48)43(24-6-2)29-15-13-28(41)14-16-29/h5-6,8-20,31,33-35,45H,1-2,7,21-26H2,3-4H3/t31-,33+,34+,35?,39-,40?/m1/s1. The van der Waals surface area contributed by atoms with Crippen LogP contribution in [0.1, 0.15) is 32.3 Å². The van der Waals surface area contributed by atoms with E-state index in [2.05, 4.69) is 20.1 Å². The molecule has 0 aromatic heterocycles. The summed E-state index contributed by atoms with van der Waals surface area (Å²) >= 11 is 7.83. The lowest BCUT2D eigenvalue weighted by Gasteiger charge is -2.39. The number of benzene rings is 3. The first-order valence-corrected chi connectivity index (χ1v) is 18.3. The van der Waals surface area contributed by atoms with E-state index >= 15 is 9.59 Å². The minimum atomic E-state index is -0.931. The van der Waals surface area contributed by atoms with Crippen molar-refractivity contribution in [2.45, 2.75) is 54.7 Å². The molecular formula is C40H44ClN3O5S. The number of ether oxygens (including phenoxy) is 1. The molecule has 0 saturated carbocycles. The number of fused-ring (bicyclic) bond motifs is 1. The minimum Gasteiger partial charge on any atom is -0.494 e. The molecule has 10 heteroatoms. The van der Waals surface area contributed by atoms with Gasteiger partial charge in [-0.3, -0.25) is 14.4 Å². The van der Waals surface area contributed by atoms with Crippen molar-refractivity contribution >= 4 is 52.5 Å². The smallest absolute Gasteiger partial charge is 0.251 e. The molecular weight excluding hydrogens is 670 g/mol. The van der Waals surface area contributed by atoms with Crippen LogP contribution in [0.5, 0.6) is 5.75 Å². The lowest BCUT2D eigenvalue weighted by molar-refractivity contribution is -0.142. The summed E-state index contributed by atoms with van der Waals surface area (Å²) in [5.74, 6) is -1.50. The van der Waals surface area contributed by atoms with Gasteiger partial charge in [0.1, 0.15) is 11.8 Å². The highest BCUT2D eigenvalue weighted by Gasteiger charge is 2.78. The van der Waals surface area contributed by atoms with Crippen LogP contribution in [0.15, 0.2) is 104 Å². The van der Waals surface area contributed by atoms with Crippen molar-refractivity contribution in [3.8, 4) is 5.75 Å². The average molecular weight is 714 g/mol. The van der Waals surface area contributed by atoms with Gasteiger partial charge in [0, 0.05) is 34.2 Å². The van der Waals surface area contributed by atoms with E-state index < -0.39 is 33.4 Å². The van der Waals surface area contributed by atoms with Crippen LogP contribution in [0.25, 0.3) is 0 Å². The monoisotopic (exact) mass is 713 g/mol. The third-order valence-electron chi connectivity index (χ3n) is 10.4. The number of thioether (sulfide) groups is 1. The second kappa shape index (κ2) is 14.7. The average Bonchev–Trinajstić information content (AvgIpc) is 3.70. The van der Waals surface area contributed by atoms with Gasteiger partial charge in [0.15, 0.2) is 0 Å². The van der Waals surface area contributed by atoms with Crippen molar-refractivity contribution in [3.05, 3.63) is 115 Å². The Bertz CT molecular complexity index is 1740. The topological polar surface area (TPSA) is 90.4 Å². The van der Waals surface area contributed by atoms with E-state index in [1.807, 2.05) is 61.5 Å². The van der Waals surface area contributed by atoms with Gasteiger partial charge in [-0.15, -0.1) is 24.9 Å². The van der Waals surface area contributed by atoms with E-state index in [0.717, 1.165) is 5.56 Å². The first-order chi connectivity index (χ1) is 24.1. The largest absolute Gasteiger partial charge is 0.494 e. The molecule has 0 aliphatic carbocycles. The number of hydrogen-bond donors (Lipinski definition) is 1. The fourth-order valence-corrected chi connectivity index (χ4v) is 10.7. The zero-order valence-electron chi connectivity index (χ0n) is 28.5. The summed E-state index contributed by atoms with van der Waals surface area (Å²) in [5, 5.41) is 11.5. The van der Waals surface area contributed by atoms with Crippen molar-refractivity contribution in [3.63, 3.8) is 0 Å². The first-order valence-electron chi connectivity index (χ1n) is 17.1. The van der Waals surface area contributed by atoms with E-state index in [9.17, 15) is 9.90 Å². The van der Waals surface area contributed by atoms with E-state index in [1.54, 1.807) is 62.9 Å². The highest BCUT2D eigenvalue weighted by Crippen LogP contribution is 2.72. The summed E-state index contributed by atoms with van der Waals surface area (Å²) in [7, 11) is 0. The van der Waals surface area contributed by atoms with Crippen LogP contribution in [-0.4, -0.2) is 75.6 Å². The Morgan fingerprint density at radius 1 is 0.980 bits per heavy atom. The second-order valence-electron chi connectivity index (χ2n) is 13.4. The molecule has 3 saturated heterocycles. The van der Waals surface area contributed by atoms with Gasteiger partial charge in [0.2, 0.25) is 11.8 Å². The van der Waals surface area contributed by atoms with Gasteiger partial charge < -0.3 is 24.5 Å². The summed E-state index contributed by atoms with van der Waals surface area (Å²) in [4.78, 5) is 50.1. The molecule has 1 N–H and O–H groups in total. The number of aliphatic hydroxyl groups excluding tert-OH is 1. The fraction of sp³-hybridized carbons (Fsp3) is 0.375. The first kappa shape index (κ1) is 35.8. The Labute approximate surface area is 303 Å². The molecule has 3 aliphatic heterocycles. The van der Waals surface area contributed by atoms with Crippen LogP contribution in [0.2, 0.25) is 5.02 Å². The molecule has 3 aromatic rings. The van der Waals surface area contributed by atoms with Crippen LogP contribution in [0.3, 0.4) is 0 Å². The van der Waals surface area contributed by atoms with Gasteiger partial charge in [0.05, 0.1) is 35.8 Å². The van der Waals surface area contributed by atoms with Crippen molar-refractivity contribution in [2.75, 3.05) is 36.1 Å². The maximum Gasteiger partial charge on any atom is 0.251 e. The summed E-state index contributed by atoms with van der Waals surface area (Å²) in [6, 6.07) is 22.4. The van der Waals surface area contributed by atoms with Gasteiger partial charge in [-0.1, -0.05) is 54.1 Å². The maximum atomic E-state index is 15.1. The molecule has 6 rings (SSSR count). The molecule has 3 amide bonds. The normalized spacial score (nSPS) is 25.6. The van der Waals surface area contributed by atoms with Crippen molar-refractivity contribution in [1.29, 1.82) is 0 Å². The van der Waals surface area contributed by atoms with Crippen LogP contribution < -0.4 is 14.5 Å². The molecule has 50 heavy (non-hydrogen) atoms. The number of halogens is 1. The number of anilines is 2. The lowest BCUT2D eigenvalue weighted by atomic mass is 9.66. The molecule has 3 fully saturated rings. The van der Waals surface area contributed by atoms with Gasteiger partial charge in [-0.2, -0.15) is 0 Å².